The molecule has 2 aliphatic carbocycles. The molecule has 1 aromatic rings. The van der Waals surface area contributed by atoms with Crippen LogP contribution < -0.4 is 4.74 Å². The van der Waals surface area contributed by atoms with Crippen LogP contribution >= 0.6 is 0 Å². The van der Waals surface area contributed by atoms with Gasteiger partial charge in [-0.2, -0.15) is 0 Å². The van der Waals surface area contributed by atoms with Gasteiger partial charge >= 0.3 is 5.97 Å². The van der Waals surface area contributed by atoms with E-state index in [2.05, 4.69) is 6.58 Å². The first kappa shape index (κ1) is 13.2. The minimum Gasteiger partial charge on any atom is -0.480 e. The number of rotatable bonds is 4. The van der Waals surface area contributed by atoms with Crippen molar-refractivity contribution >= 4 is 5.97 Å². The van der Waals surface area contributed by atoms with Crippen LogP contribution in [0.2, 0.25) is 0 Å². The zero-order chi connectivity index (χ0) is 14.3. The summed E-state index contributed by atoms with van der Waals surface area (Å²) < 4.78 is 19.8. The van der Waals surface area contributed by atoms with Gasteiger partial charge in [0, 0.05) is 5.92 Å². The number of carbonyl (C=O) groups is 1. The lowest BCUT2D eigenvalue weighted by Gasteiger charge is -2.35. The number of hydrogen-bond donors (Lipinski definition) is 1. The van der Waals surface area contributed by atoms with Gasteiger partial charge in [-0.05, 0) is 55.9 Å². The molecule has 0 saturated heterocycles. The standard InChI is InChI=1S/C16H17FO3/c1-2-16(9-10-3-5-12(16)7-10)20-14-8-11(15(18)19)4-6-13(14)17/h2,4,6,8,10,12H,1,3,5,7,9H2,(H,18,19). The SMILES string of the molecule is C=CC1(Oc2cc(C(=O)O)ccc2F)CC2CCC1C2. The highest BCUT2D eigenvalue weighted by molar-refractivity contribution is 5.88. The Morgan fingerprint density at radius 1 is 1.50 bits per heavy atom. The van der Waals surface area contributed by atoms with Gasteiger partial charge in [0.15, 0.2) is 11.6 Å². The number of carboxylic acid groups (broad SMARTS) is 1. The lowest BCUT2D eigenvalue weighted by molar-refractivity contribution is 0.0555. The molecule has 4 heteroatoms. The lowest BCUT2D eigenvalue weighted by Crippen LogP contribution is -2.39. The molecule has 3 rings (SSSR count). The Kier molecular flexibility index (Phi) is 3.04. The van der Waals surface area contributed by atoms with E-state index in [0.29, 0.717) is 11.8 Å². The predicted molar refractivity (Wildman–Crippen MR) is 72.4 cm³/mol. The average molecular weight is 276 g/mol. The maximum absolute atomic E-state index is 13.9. The summed E-state index contributed by atoms with van der Waals surface area (Å²) in [4.78, 5) is 11.0. The Labute approximate surface area is 117 Å². The number of fused-ring (bicyclic) bond motifs is 2. The van der Waals surface area contributed by atoms with Crippen LogP contribution in [0.3, 0.4) is 0 Å². The third kappa shape index (κ3) is 1.99. The van der Waals surface area contributed by atoms with E-state index in [1.165, 1.54) is 18.6 Å². The number of halogens is 1. The van der Waals surface area contributed by atoms with Crippen LogP contribution in [0.4, 0.5) is 4.39 Å². The van der Waals surface area contributed by atoms with Crippen molar-refractivity contribution in [1.82, 2.24) is 0 Å². The van der Waals surface area contributed by atoms with Crippen molar-refractivity contribution in [1.29, 1.82) is 0 Å². The molecule has 0 heterocycles. The van der Waals surface area contributed by atoms with Crippen molar-refractivity contribution in [3.63, 3.8) is 0 Å². The molecular weight excluding hydrogens is 259 g/mol. The Morgan fingerprint density at radius 2 is 2.30 bits per heavy atom. The van der Waals surface area contributed by atoms with Gasteiger partial charge in [-0.3, -0.25) is 0 Å². The van der Waals surface area contributed by atoms with E-state index >= 15 is 0 Å². The summed E-state index contributed by atoms with van der Waals surface area (Å²) in [6.45, 7) is 3.85. The van der Waals surface area contributed by atoms with Crippen LogP contribution in [-0.4, -0.2) is 16.7 Å². The Balaban J connectivity index is 1.92. The molecule has 3 unspecified atom stereocenters. The van der Waals surface area contributed by atoms with Crippen LogP contribution in [0.15, 0.2) is 30.9 Å². The highest BCUT2D eigenvalue weighted by Gasteiger charge is 2.51. The van der Waals surface area contributed by atoms with Crippen LogP contribution in [0, 0.1) is 17.7 Å². The molecule has 0 spiro atoms. The van der Waals surface area contributed by atoms with Crippen molar-refractivity contribution in [3.8, 4) is 5.75 Å². The minimum atomic E-state index is -1.09. The fraction of sp³-hybridized carbons (Fsp3) is 0.438. The molecule has 0 amide bonds. The third-order valence-electron chi connectivity index (χ3n) is 4.66. The molecule has 2 saturated carbocycles. The van der Waals surface area contributed by atoms with Crippen LogP contribution in [-0.2, 0) is 0 Å². The quantitative estimate of drug-likeness (QED) is 0.854. The van der Waals surface area contributed by atoms with E-state index in [1.807, 2.05) is 0 Å². The van der Waals surface area contributed by atoms with Crippen LogP contribution in [0.25, 0.3) is 0 Å². The van der Waals surface area contributed by atoms with Gasteiger partial charge in [0.25, 0.3) is 0 Å². The van der Waals surface area contributed by atoms with Crippen molar-refractivity contribution < 1.29 is 19.0 Å². The van der Waals surface area contributed by atoms with E-state index in [0.717, 1.165) is 25.3 Å². The topological polar surface area (TPSA) is 46.5 Å². The van der Waals surface area contributed by atoms with E-state index in [4.69, 9.17) is 9.84 Å². The highest BCUT2D eigenvalue weighted by Crippen LogP contribution is 2.53. The summed E-state index contributed by atoms with van der Waals surface area (Å²) in [5.74, 6) is -0.631. The number of carboxylic acids is 1. The van der Waals surface area contributed by atoms with Crippen molar-refractivity contribution in [3.05, 3.63) is 42.2 Å². The monoisotopic (exact) mass is 276 g/mol. The van der Waals surface area contributed by atoms with Gasteiger partial charge in [-0.25, -0.2) is 9.18 Å². The van der Waals surface area contributed by atoms with Gasteiger partial charge in [-0.1, -0.05) is 6.58 Å². The summed E-state index contributed by atoms with van der Waals surface area (Å²) in [5, 5.41) is 8.99. The summed E-state index contributed by atoms with van der Waals surface area (Å²) in [6.07, 6.45) is 5.96. The summed E-state index contributed by atoms with van der Waals surface area (Å²) >= 11 is 0. The molecule has 20 heavy (non-hydrogen) atoms. The zero-order valence-electron chi connectivity index (χ0n) is 11.1. The molecule has 0 aromatic heterocycles. The molecule has 2 fully saturated rings. The van der Waals surface area contributed by atoms with E-state index in [1.54, 1.807) is 6.08 Å². The first-order valence-corrected chi connectivity index (χ1v) is 6.89. The number of benzene rings is 1. The minimum absolute atomic E-state index is 0.0114. The fourth-order valence-corrected chi connectivity index (χ4v) is 3.66. The molecule has 0 aliphatic heterocycles. The Hall–Kier alpha value is -1.84. The summed E-state index contributed by atoms with van der Waals surface area (Å²) in [5.41, 5.74) is -0.510. The van der Waals surface area contributed by atoms with Crippen molar-refractivity contribution in [2.75, 3.05) is 0 Å². The first-order chi connectivity index (χ1) is 9.54. The average Bonchev–Trinajstić information content (AvgIpc) is 3.02. The summed E-state index contributed by atoms with van der Waals surface area (Å²) in [7, 11) is 0. The molecule has 2 bridgehead atoms. The summed E-state index contributed by atoms with van der Waals surface area (Å²) in [6, 6.07) is 3.64. The normalized spacial score (nSPS) is 31.2. The van der Waals surface area contributed by atoms with Crippen LogP contribution in [0.1, 0.15) is 36.0 Å². The molecule has 3 atom stereocenters. The van der Waals surface area contributed by atoms with Gasteiger partial charge in [0.05, 0.1) is 5.56 Å². The van der Waals surface area contributed by atoms with Gasteiger partial charge < -0.3 is 9.84 Å². The molecular formula is C16H17FO3. The number of aromatic carboxylic acids is 1. The van der Waals surface area contributed by atoms with Gasteiger partial charge in [-0.15, -0.1) is 0 Å². The maximum atomic E-state index is 13.9. The number of hydrogen-bond acceptors (Lipinski definition) is 2. The van der Waals surface area contributed by atoms with Crippen LogP contribution in [0.5, 0.6) is 5.75 Å². The largest absolute Gasteiger partial charge is 0.480 e. The smallest absolute Gasteiger partial charge is 0.335 e. The van der Waals surface area contributed by atoms with Gasteiger partial charge in [0.2, 0.25) is 0 Å². The first-order valence-electron chi connectivity index (χ1n) is 6.89. The molecule has 3 nitrogen and oxygen atoms in total. The second-order valence-corrected chi connectivity index (χ2v) is 5.79. The molecule has 106 valence electrons. The van der Waals surface area contributed by atoms with E-state index in [9.17, 15) is 9.18 Å². The molecule has 0 radical (unpaired) electrons. The maximum Gasteiger partial charge on any atom is 0.335 e. The Bertz CT molecular complexity index is 569. The second kappa shape index (κ2) is 4.62. The highest BCUT2D eigenvalue weighted by atomic mass is 19.1. The second-order valence-electron chi connectivity index (χ2n) is 5.79. The van der Waals surface area contributed by atoms with Crippen molar-refractivity contribution in [2.24, 2.45) is 11.8 Å². The van der Waals surface area contributed by atoms with Crippen molar-refractivity contribution in [2.45, 2.75) is 31.3 Å². The Morgan fingerprint density at radius 3 is 2.85 bits per heavy atom. The lowest BCUT2D eigenvalue weighted by atomic mass is 9.84. The van der Waals surface area contributed by atoms with E-state index in [-0.39, 0.29) is 11.3 Å². The van der Waals surface area contributed by atoms with E-state index < -0.39 is 17.4 Å². The van der Waals surface area contributed by atoms with Gasteiger partial charge in [0.1, 0.15) is 5.60 Å². The zero-order valence-corrected chi connectivity index (χ0v) is 11.1. The predicted octanol–water partition coefficient (Wildman–Crippen LogP) is 3.65. The molecule has 2 aliphatic rings. The molecule has 1 aromatic carbocycles. The molecule has 1 N–H and O–H groups in total. The fourth-order valence-electron chi connectivity index (χ4n) is 3.66. The third-order valence-corrected chi connectivity index (χ3v) is 4.66. The number of ether oxygens (including phenoxy) is 1.